The SMILES string of the molecule is COC1CCCCN(CC(=O)NCc2cc(F)ccc2F)C1=O. The zero-order valence-electron chi connectivity index (χ0n) is 13.0. The zero-order valence-corrected chi connectivity index (χ0v) is 13.0. The smallest absolute Gasteiger partial charge is 0.252 e. The fraction of sp³-hybridized carbons (Fsp3) is 0.500. The van der Waals surface area contributed by atoms with Crippen molar-refractivity contribution < 1.29 is 23.1 Å². The molecule has 1 unspecified atom stereocenters. The summed E-state index contributed by atoms with van der Waals surface area (Å²) in [5.74, 6) is -1.78. The van der Waals surface area contributed by atoms with Gasteiger partial charge in [-0.2, -0.15) is 0 Å². The first-order chi connectivity index (χ1) is 11.0. The van der Waals surface area contributed by atoms with E-state index in [0.29, 0.717) is 13.0 Å². The minimum Gasteiger partial charge on any atom is -0.372 e. The molecule has 0 aliphatic carbocycles. The first-order valence-corrected chi connectivity index (χ1v) is 7.53. The maximum atomic E-state index is 13.5. The molecule has 5 nitrogen and oxygen atoms in total. The van der Waals surface area contributed by atoms with Crippen LogP contribution in [0.3, 0.4) is 0 Å². The fourth-order valence-corrected chi connectivity index (χ4v) is 2.55. The molecule has 1 heterocycles. The lowest BCUT2D eigenvalue weighted by Crippen LogP contribution is -2.44. The Morgan fingerprint density at radius 2 is 2.17 bits per heavy atom. The Hall–Kier alpha value is -2.02. The molecular formula is C16H20F2N2O3. The average Bonchev–Trinajstić information content (AvgIpc) is 2.70. The van der Waals surface area contributed by atoms with Gasteiger partial charge in [-0.3, -0.25) is 9.59 Å². The van der Waals surface area contributed by atoms with Crippen LogP contribution in [-0.4, -0.2) is 43.0 Å². The van der Waals surface area contributed by atoms with E-state index in [9.17, 15) is 18.4 Å². The van der Waals surface area contributed by atoms with Crippen molar-refractivity contribution in [1.29, 1.82) is 0 Å². The molecule has 1 saturated heterocycles. The number of likely N-dealkylation sites (tertiary alicyclic amines) is 1. The molecule has 1 aromatic carbocycles. The molecule has 126 valence electrons. The van der Waals surface area contributed by atoms with Gasteiger partial charge < -0.3 is 15.0 Å². The molecule has 23 heavy (non-hydrogen) atoms. The number of nitrogens with zero attached hydrogens (tertiary/aromatic N) is 1. The van der Waals surface area contributed by atoms with Crippen LogP contribution in [0.4, 0.5) is 8.78 Å². The topological polar surface area (TPSA) is 58.6 Å². The van der Waals surface area contributed by atoms with E-state index in [0.717, 1.165) is 31.0 Å². The summed E-state index contributed by atoms with van der Waals surface area (Å²) in [4.78, 5) is 25.6. The molecule has 2 amide bonds. The number of rotatable bonds is 5. The lowest BCUT2D eigenvalue weighted by molar-refractivity contribution is -0.144. The summed E-state index contributed by atoms with van der Waals surface area (Å²) in [7, 11) is 1.47. The van der Waals surface area contributed by atoms with Crippen LogP contribution in [-0.2, 0) is 20.9 Å². The number of nitrogens with one attached hydrogen (secondary N) is 1. The van der Waals surface area contributed by atoms with Gasteiger partial charge in [-0.05, 0) is 37.5 Å². The Kier molecular flexibility index (Phi) is 6.04. The first-order valence-electron chi connectivity index (χ1n) is 7.53. The van der Waals surface area contributed by atoms with E-state index in [1.165, 1.54) is 12.0 Å². The van der Waals surface area contributed by atoms with Gasteiger partial charge in [-0.25, -0.2) is 8.78 Å². The van der Waals surface area contributed by atoms with Crippen LogP contribution in [0.2, 0.25) is 0 Å². The molecule has 1 aliphatic rings. The molecule has 1 aromatic rings. The number of amides is 2. The van der Waals surface area contributed by atoms with E-state index >= 15 is 0 Å². The van der Waals surface area contributed by atoms with Gasteiger partial charge in [-0.15, -0.1) is 0 Å². The van der Waals surface area contributed by atoms with Gasteiger partial charge in [0.05, 0.1) is 6.54 Å². The third-order valence-corrected chi connectivity index (χ3v) is 3.83. The highest BCUT2D eigenvalue weighted by Gasteiger charge is 2.27. The van der Waals surface area contributed by atoms with Crippen LogP contribution in [0.5, 0.6) is 0 Å². The van der Waals surface area contributed by atoms with Crippen molar-refractivity contribution in [2.75, 3.05) is 20.2 Å². The maximum absolute atomic E-state index is 13.5. The normalized spacial score (nSPS) is 18.7. The van der Waals surface area contributed by atoms with Crippen molar-refractivity contribution in [2.24, 2.45) is 0 Å². The summed E-state index contributed by atoms with van der Waals surface area (Å²) < 4.78 is 31.7. The monoisotopic (exact) mass is 326 g/mol. The largest absolute Gasteiger partial charge is 0.372 e. The van der Waals surface area contributed by atoms with Gasteiger partial charge in [0, 0.05) is 25.8 Å². The molecule has 0 aromatic heterocycles. The maximum Gasteiger partial charge on any atom is 0.252 e. The van der Waals surface area contributed by atoms with E-state index < -0.39 is 23.6 Å². The van der Waals surface area contributed by atoms with Gasteiger partial charge >= 0.3 is 0 Å². The minimum absolute atomic E-state index is 0.0651. The predicted octanol–water partition coefficient (Wildman–Crippen LogP) is 1.61. The summed E-state index contributed by atoms with van der Waals surface area (Å²) in [6.07, 6.45) is 1.78. The van der Waals surface area contributed by atoms with Gasteiger partial charge in [0.1, 0.15) is 17.7 Å². The number of carbonyl (C=O) groups excluding carboxylic acids is 2. The van der Waals surface area contributed by atoms with Crippen molar-refractivity contribution in [3.05, 3.63) is 35.4 Å². The molecule has 0 bridgehead atoms. The van der Waals surface area contributed by atoms with Crippen molar-refractivity contribution in [3.63, 3.8) is 0 Å². The second kappa shape index (κ2) is 8.01. The molecule has 1 N–H and O–H groups in total. The van der Waals surface area contributed by atoms with Gasteiger partial charge in [0.25, 0.3) is 5.91 Å². The van der Waals surface area contributed by atoms with Crippen molar-refractivity contribution >= 4 is 11.8 Å². The minimum atomic E-state index is -0.586. The molecular weight excluding hydrogens is 306 g/mol. The van der Waals surface area contributed by atoms with E-state index in [1.54, 1.807) is 0 Å². The number of hydrogen-bond donors (Lipinski definition) is 1. The lowest BCUT2D eigenvalue weighted by Gasteiger charge is -2.23. The Bertz CT molecular complexity index is 580. The first kappa shape index (κ1) is 17.3. The van der Waals surface area contributed by atoms with Crippen molar-refractivity contribution in [1.82, 2.24) is 10.2 Å². The van der Waals surface area contributed by atoms with Crippen LogP contribution in [0.15, 0.2) is 18.2 Å². The standard InChI is InChI=1S/C16H20F2N2O3/c1-23-14-4-2-3-7-20(16(14)22)10-15(21)19-9-11-8-12(17)5-6-13(11)18/h5-6,8,14H,2-4,7,9-10H2,1H3,(H,19,21). The molecule has 1 aliphatic heterocycles. The zero-order chi connectivity index (χ0) is 16.8. The summed E-state index contributed by atoms with van der Waals surface area (Å²) >= 11 is 0. The number of hydrogen-bond acceptors (Lipinski definition) is 3. The van der Waals surface area contributed by atoms with Crippen molar-refractivity contribution in [2.45, 2.75) is 31.9 Å². The Morgan fingerprint density at radius 3 is 2.91 bits per heavy atom. The third-order valence-electron chi connectivity index (χ3n) is 3.83. The van der Waals surface area contributed by atoms with E-state index in [-0.39, 0.29) is 24.6 Å². The van der Waals surface area contributed by atoms with Crippen LogP contribution in [0.1, 0.15) is 24.8 Å². The summed E-state index contributed by atoms with van der Waals surface area (Å²) in [5, 5.41) is 2.51. The second-order valence-electron chi connectivity index (χ2n) is 5.49. The Balaban J connectivity index is 1.91. The third kappa shape index (κ3) is 4.72. The van der Waals surface area contributed by atoms with Crippen LogP contribution >= 0.6 is 0 Å². The predicted molar refractivity (Wildman–Crippen MR) is 79.4 cm³/mol. The second-order valence-corrected chi connectivity index (χ2v) is 5.49. The van der Waals surface area contributed by atoms with Gasteiger partial charge in [-0.1, -0.05) is 0 Å². The van der Waals surface area contributed by atoms with Gasteiger partial charge in [0.2, 0.25) is 5.91 Å². The summed E-state index contributed by atoms with van der Waals surface area (Å²) in [5.41, 5.74) is 0.0651. The summed E-state index contributed by atoms with van der Waals surface area (Å²) in [6.45, 7) is 0.244. The lowest BCUT2D eigenvalue weighted by atomic mass is 10.2. The molecule has 0 radical (unpaired) electrons. The quantitative estimate of drug-likeness (QED) is 0.894. The highest BCUT2D eigenvalue weighted by molar-refractivity contribution is 5.87. The number of halogens is 2. The Morgan fingerprint density at radius 1 is 1.39 bits per heavy atom. The molecule has 7 heteroatoms. The number of methoxy groups -OCH3 is 1. The highest BCUT2D eigenvalue weighted by Crippen LogP contribution is 2.14. The van der Waals surface area contributed by atoms with Crippen LogP contribution < -0.4 is 5.32 Å². The van der Waals surface area contributed by atoms with Crippen LogP contribution in [0.25, 0.3) is 0 Å². The van der Waals surface area contributed by atoms with Crippen LogP contribution in [0, 0.1) is 11.6 Å². The average molecular weight is 326 g/mol. The molecule has 1 fully saturated rings. The highest BCUT2D eigenvalue weighted by atomic mass is 19.1. The molecule has 0 saturated carbocycles. The Labute approximate surface area is 133 Å². The molecule has 1 atom stereocenters. The van der Waals surface area contributed by atoms with E-state index in [2.05, 4.69) is 5.32 Å². The summed E-state index contributed by atoms with van der Waals surface area (Å²) in [6, 6.07) is 3.06. The van der Waals surface area contributed by atoms with E-state index in [4.69, 9.17) is 4.74 Å². The fourth-order valence-electron chi connectivity index (χ4n) is 2.55. The van der Waals surface area contributed by atoms with E-state index in [1.807, 2.05) is 0 Å². The molecule has 0 spiro atoms. The molecule has 2 rings (SSSR count). The number of ether oxygens (including phenoxy) is 1. The van der Waals surface area contributed by atoms with Gasteiger partial charge in [0.15, 0.2) is 0 Å². The number of carbonyl (C=O) groups is 2. The van der Waals surface area contributed by atoms with Crippen molar-refractivity contribution in [3.8, 4) is 0 Å². The number of benzene rings is 1.